The molecule has 0 fully saturated rings. The zero-order valence-corrected chi connectivity index (χ0v) is 16.6. The second-order valence-electron chi connectivity index (χ2n) is 6.92. The fourth-order valence-corrected chi connectivity index (χ4v) is 2.95. The van der Waals surface area contributed by atoms with Crippen molar-refractivity contribution >= 4 is 28.3 Å². The summed E-state index contributed by atoms with van der Waals surface area (Å²) in [5, 5.41) is 7.58. The Morgan fingerprint density at radius 2 is 1.72 bits per heavy atom. The number of hydrogen-bond donors (Lipinski definition) is 1. The van der Waals surface area contributed by atoms with Gasteiger partial charge in [0.15, 0.2) is 12.3 Å². The van der Waals surface area contributed by atoms with E-state index in [1.54, 1.807) is 43.3 Å². The van der Waals surface area contributed by atoms with Gasteiger partial charge in [-0.2, -0.15) is 5.10 Å². The molecule has 0 aliphatic carbocycles. The third-order valence-corrected chi connectivity index (χ3v) is 4.56. The van der Waals surface area contributed by atoms with Crippen molar-refractivity contribution < 1.29 is 14.3 Å². The van der Waals surface area contributed by atoms with Gasteiger partial charge in [-0.05, 0) is 36.6 Å². The normalized spacial score (nSPS) is 10.9. The molecular formula is C22H23N3O4. The number of carbonyl (C=O) groups is 2. The zero-order chi connectivity index (χ0) is 21.0. The first-order chi connectivity index (χ1) is 13.9. The van der Waals surface area contributed by atoms with E-state index < -0.39 is 18.5 Å². The van der Waals surface area contributed by atoms with E-state index in [0.717, 1.165) is 0 Å². The van der Waals surface area contributed by atoms with Crippen molar-refractivity contribution in [3.63, 3.8) is 0 Å². The number of aromatic nitrogens is 2. The molecule has 3 aromatic rings. The van der Waals surface area contributed by atoms with Crippen LogP contribution in [-0.2, 0) is 16.1 Å². The van der Waals surface area contributed by atoms with Crippen LogP contribution in [0.4, 0.5) is 5.69 Å². The van der Waals surface area contributed by atoms with E-state index in [4.69, 9.17) is 4.74 Å². The number of ether oxygens (including phenoxy) is 1. The maximum absolute atomic E-state index is 12.5. The Kier molecular flexibility index (Phi) is 6.07. The van der Waals surface area contributed by atoms with E-state index in [0.29, 0.717) is 28.9 Å². The smallest absolute Gasteiger partial charge is 0.359 e. The van der Waals surface area contributed by atoms with Crippen LogP contribution in [-0.4, -0.2) is 28.3 Å². The van der Waals surface area contributed by atoms with Crippen molar-refractivity contribution in [2.45, 2.75) is 33.2 Å². The van der Waals surface area contributed by atoms with Crippen LogP contribution in [0.3, 0.4) is 0 Å². The number of esters is 1. The standard InChI is InChI=1S/C22H23N3O4/c1-4-25-21(27)18-8-6-5-7-17(18)20(24-25)22(28)29-13-19(26)23-16-11-9-15(10-12-16)14(2)3/h5-12,14H,4,13H2,1-3H3,(H,23,26). The molecule has 150 valence electrons. The molecule has 0 unspecified atom stereocenters. The minimum Gasteiger partial charge on any atom is -0.451 e. The van der Waals surface area contributed by atoms with Crippen LogP contribution in [0, 0.1) is 0 Å². The molecule has 1 amide bonds. The fraction of sp³-hybridized carbons (Fsp3) is 0.273. The Labute approximate surface area is 168 Å². The van der Waals surface area contributed by atoms with Crippen LogP contribution in [0.2, 0.25) is 0 Å². The van der Waals surface area contributed by atoms with Crippen molar-refractivity contribution in [2.75, 3.05) is 11.9 Å². The average molecular weight is 393 g/mol. The molecule has 0 saturated heterocycles. The maximum atomic E-state index is 12.5. The third-order valence-electron chi connectivity index (χ3n) is 4.56. The Bertz CT molecular complexity index is 1100. The molecule has 0 aliphatic rings. The summed E-state index contributed by atoms with van der Waals surface area (Å²) in [5.41, 5.74) is 1.52. The summed E-state index contributed by atoms with van der Waals surface area (Å²) >= 11 is 0. The summed E-state index contributed by atoms with van der Waals surface area (Å²) in [6, 6.07) is 14.2. The van der Waals surface area contributed by atoms with Crippen LogP contribution in [0.25, 0.3) is 10.8 Å². The van der Waals surface area contributed by atoms with Gasteiger partial charge in [0, 0.05) is 17.6 Å². The van der Waals surface area contributed by atoms with E-state index >= 15 is 0 Å². The summed E-state index contributed by atoms with van der Waals surface area (Å²) in [7, 11) is 0. The molecule has 1 heterocycles. The molecule has 2 aromatic carbocycles. The number of amides is 1. The van der Waals surface area contributed by atoms with E-state index in [9.17, 15) is 14.4 Å². The number of benzene rings is 2. The van der Waals surface area contributed by atoms with Gasteiger partial charge in [-0.25, -0.2) is 9.48 Å². The second-order valence-corrected chi connectivity index (χ2v) is 6.92. The lowest BCUT2D eigenvalue weighted by Crippen LogP contribution is -2.27. The molecule has 1 N–H and O–H groups in total. The van der Waals surface area contributed by atoms with Crippen molar-refractivity contribution in [3.8, 4) is 0 Å². The zero-order valence-electron chi connectivity index (χ0n) is 16.6. The van der Waals surface area contributed by atoms with Crippen molar-refractivity contribution in [1.82, 2.24) is 9.78 Å². The van der Waals surface area contributed by atoms with Gasteiger partial charge in [0.25, 0.3) is 11.5 Å². The molecule has 0 saturated carbocycles. The first-order valence-corrected chi connectivity index (χ1v) is 9.47. The molecule has 29 heavy (non-hydrogen) atoms. The lowest BCUT2D eigenvalue weighted by atomic mass is 10.0. The highest BCUT2D eigenvalue weighted by molar-refractivity contribution is 6.03. The minimum atomic E-state index is -0.756. The lowest BCUT2D eigenvalue weighted by Gasteiger charge is -2.10. The van der Waals surface area contributed by atoms with Gasteiger partial charge in [0.2, 0.25) is 0 Å². The van der Waals surface area contributed by atoms with E-state index in [2.05, 4.69) is 24.3 Å². The van der Waals surface area contributed by atoms with Crippen LogP contribution >= 0.6 is 0 Å². The topological polar surface area (TPSA) is 90.3 Å². The SMILES string of the molecule is CCn1nc(C(=O)OCC(=O)Nc2ccc(C(C)C)cc2)c2ccccc2c1=O. The number of fused-ring (bicyclic) bond motifs is 1. The Morgan fingerprint density at radius 3 is 2.34 bits per heavy atom. The largest absolute Gasteiger partial charge is 0.451 e. The number of nitrogens with zero attached hydrogens (tertiary/aromatic N) is 2. The predicted octanol–water partition coefficient (Wildman–Crippen LogP) is 3.34. The molecule has 3 rings (SSSR count). The Balaban J connectivity index is 1.71. The number of carbonyl (C=O) groups excluding carboxylic acids is 2. The first-order valence-electron chi connectivity index (χ1n) is 9.47. The van der Waals surface area contributed by atoms with Gasteiger partial charge >= 0.3 is 5.97 Å². The second kappa shape index (κ2) is 8.68. The van der Waals surface area contributed by atoms with Crippen LogP contribution < -0.4 is 10.9 Å². The number of nitrogens with one attached hydrogen (secondary N) is 1. The number of hydrogen-bond acceptors (Lipinski definition) is 5. The van der Waals surface area contributed by atoms with Crippen molar-refractivity contribution in [1.29, 1.82) is 0 Å². The number of rotatable bonds is 6. The van der Waals surface area contributed by atoms with Gasteiger partial charge in [0.05, 0.1) is 5.39 Å². The molecule has 0 spiro atoms. The van der Waals surface area contributed by atoms with E-state index in [-0.39, 0.29) is 11.3 Å². The van der Waals surface area contributed by atoms with E-state index in [1.165, 1.54) is 10.2 Å². The quantitative estimate of drug-likeness (QED) is 0.649. The van der Waals surface area contributed by atoms with Crippen molar-refractivity contribution in [3.05, 3.63) is 70.1 Å². The van der Waals surface area contributed by atoms with Crippen LogP contribution in [0.5, 0.6) is 0 Å². The Hall–Kier alpha value is -3.48. The summed E-state index contributed by atoms with van der Waals surface area (Å²) in [6.45, 7) is 5.80. The molecule has 0 atom stereocenters. The first kappa shape index (κ1) is 20.3. The Morgan fingerprint density at radius 1 is 1.07 bits per heavy atom. The summed E-state index contributed by atoms with van der Waals surface area (Å²) in [4.78, 5) is 37.0. The highest BCUT2D eigenvalue weighted by Crippen LogP contribution is 2.17. The summed E-state index contributed by atoms with van der Waals surface area (Å²) in [5.74, 6) is -0.813. The molecule has 7 nitrogen and oxygen atoms in total. The summed E-state index contributed by atoms with van der Waals surface area (Å²) < 4.78 is 6.35. The van der Waals surface area contributed by atoms with Gasteiger partial charge in [-0.1, -0.05) is 44.2 Å². The molecule has 0 bridgehead atoms. The predicted molar refractivity (Wildman–Crippen MR) is 111 cm³/mol. The molecule has 0 radical (unpaired) electrons. The molecule has 0 aliphatic heterocycles. The average Bonchev–Trinajstić information content (AvgIpc) is 2.73. The highest BCUT2D eigenvalue weighted by atomic mass is 16.5. The summed E-state index contributed by atoms with van der Waals surface area (Å²) in [6.07, 6.45) is 0. The molecule has 7 heteroatoms. The highest BCUT2D eigenvalue weighted by Gasteiger charge is 2.18. The number of aryl methyl sites for hydroxylation is 1. The van der Waals surface area contributed by atoms with Crippen LogP contribution in [0.1, 0.15) is 42.7 Å². The third kappa shape index (κ3) is 4.51. The monoisotopic (exact) mass is 393 g/mol. The lowest BCUT2D eigenvalue weighted by molar-refractivity contribution is -0.119. The minimum absolute atomic E-state index is 0.0103. The fourth-order valence-electron chi connectivity index (χ4n) is 2.95. The maximum Gasteiger partial charge on any atom is 0.359 e. The number of anilines is 1. The molecular weight excluding hydrogens is 370 g/mol. The van der Waals surface area contributed by atoms with Gasteiger partial charge < -0.3 is 10.1 Å². The van der Waals surface area contributed by atoms with Gasteiger partial charge in [0.1, 0.15) is 0 Å². The van der Waals surface area contributed by atoms with Crippen molar-refractivity contribution in [2.24, 2.45) is 0 Å². The molecule has 1 aromatic heterocycles. The van der Waals surface area contributed by atoms with Gasteiger partial charge in [-0.15, -0.1) is 0 Å². The van der Waals surface area contributed by atoms with Crippen LogP contribution in [0.15, 0.2) is 53.3 Å². The van der Waals surface area contributed by atoms with E-state index in [1.807, 2.05) is 12.1 Å². The van der Waals surface area contributed by atoms with Gasteiger partial charge in [-0.3, -0.25) is 9.59 Å².